The van der Waals surface area contributed by atoms with Crippen LogP contribution in [0.2, 0.25) is 0 Å². The SMILES string of the molecule is Cc1ccc(C(CNC(=O)/C=C/c2cccc3cccnc23)N2CCOCC2)o1. The third kappa shape index (κ3) is 4.72. The Balaban J connectivity index is 1.44. The molecule has 1 saturated heterocycles. The molecular weight excluding hydrogens is 366 g/mol. The van der Waals surface area contributed by atoms with Gasteiger partial charge in [0, 0.05) is 42.9 Å². The molecule has 3 heterocycles. The normalized spacial score (nSPS) is 16.3. The number of carbonyl (C=O) groups excluding carboxylic acids is 1. The predicted octanol–water partition coefficient (Wildman–Crippen LogP) is 3.34. The van der Waals surface area contributed by atoms with Gasteiger partial charge in [-0.2, -0.15) is 0 Å². The number of pyridine rings is 1. The molecule has 1 atom stereocenters. The molecule has 1 unspecified atom stereocenters. The van der Waals surface area contributed by atoms with Crippen molar-refractivity contribution in [3.8, 4) is 0 Å². The maximum atomic E-state index is 12.5. The first-order valence-electron chi connectivity index (χ1n) is 9.88. The van der Waals surface area contributed by atoms with Gasteiger partial charge < -0.3 is 14.5 Å². The molecule has 3 aromatic rings. The Kier molecular flexibility index (Phi) is 6.03. The van der Waals surface area contributed by atoms with Crippen LogP contribution in [0.5, 0.6) is 0 Å². The molecule has 1 aromatic carbocycles. The highest BCUT2D eigenvalue weighted by Gasteiger charge is 2.25. The molecule has 0 saturated carbocycles. The van der Waals surface area contributed by atoms with E-state index < -0.39 is 0 Å². The Bertz CT molecular complexity index is 1000. The van der Waals surface area contributed by atoms with Crippen LogP contribution in [0.15, 0.2) is 59.2 Å². The lowest BCUT2D eigenvalue weighted by molar-refractivity contribution is -0.116. The Morgan fingerprint density at radius 2 is 2.03 bits per heavy atom. The largest absolute Gasteiger partial charge is 0.465 e. The molecule has 1 N–H and O–H groups in total. The predicted molar refractivity (Wildman–Crippen MR) is 112 cm³/mol. The Labute approximate surface area is 170 Å². The monoisotopic (exact) mass is 391 g/mol. The fourth-order valence-electron chi connectivity index (χ4n) is 3.62. The lowest BCUT2D eigenvalue weighted by Gasteiger charge is -2.33. The lowest BCUT2D eigenvalue weighted by atomic mass is 10.1. The van der Waals surface area contributed by atoms with E-state index in [2.05, 4.69) is 15.2 Å². The summed E-state index contributed by atoms with van der Waals surface area (Å²) in [6.07, 6.45) is 5.14. The van der Waals surface area contributed by atoms with Crippen molar-refractivity contribution in [2.24, 2.45) is 0 Å². The molecule has 1 aliphatic rings. The summed E-state index contributed by atoms with van der Waals surface area (Å²) in [5.41, 5.74) is 1.81. The summed E-state index contributed by atoms with van der Waals surface area (Å²) in [5, 5.41) is 4.07. The zero-order chi connectivity index (χ0) is 20.1. The van der Waals surface area contributed by atoms with Crippen molar-refractivity contribution in [3.05, 3.63) is 71.8 Å². The van der Waals surface area contributed by atoms with E-state index in [4.69, 9.17) is 9.15 Å². The molecule has 1 amide bonds. The summed E-state index contributed by atoms with van der Waals surface area (Å²) >= 11 is 0. The Morgan fingerprint density at radius 3 is 2.83 bits per heavy atom. The van der Waals surface area contributed by atoms with Crippen LogP contribution in [0.4, 0.5) is 0 Å². The zero-order valence-corrected chi connectivity index (χ0v) is 16.5. The number of hydrogen-bond acceptors (Lipinski definition) is 5. The molecule has 1 aliphatic heterocycles. The number of carbonyl (C=O) groups is 1. The average molecular weight is 391 g/mol. The van der Waals surface area contributed by atoms with E-state index in [0.29, 0.717) is 19.8 Å². The van der Waals surface area contributed by atoms with Gasteiger partial charge >= 0.3 is 0 Å². The van der Waals surface area contributed by atoms with Gasteiger partial charge in [0.2, 0.25) is 5.91 Å². The van der Waals surface area contributed by atoms with Crippen LogP contribution in [-0.4, -0.2) is 48.6 Å². The van der Waals surface area contributed by atoms with E-state index in [1.54, 1.807) is 12.3 Å². The van der Waals surface area contributed by atoms with Crippen LogP contribution in [0.1, 0.15) is 23.1 Å². The van der Waals surface area contributed by atoms with Crippen molar-refractivity contribution in [3.63, 3.8) is 0 Å². The minimum absolute atomic E-state index is 0.0100. The molecule has 2 aromatic heterocycles. The molecule has 4 rings (SSSR count). The number of benzene rings is 1. The molecule has 0 spiro atoms. The van der Waals surface area contributed by atoms with Crippen LogP contribution in [0.25, 0.3) is 17.0 Å². The average Bonchev–Trinajstić information content (AvgIpc) is 3.19. The highest BCUT2D eigenvalue weighted by Crippen LogP contribution is 2.23. The van der Waals surface area contributed by atoms with E-state index in [-0.39, 0.29) is 11.9 Å². The van der Waals surface area contributed by atoms with Crippen LogP contribution in [-0.2, 0) is 9.53 Å². The van der Waals surface area contributed by atoms with Crippen LogP contribution >= 0.6 is 0 Å². The zero-order valence-electron chi connectivity index (χ0n) is 16.5. The molecule has 0 bridgehead atoms. The maximum absolute atomic E-state index is 12.5. The molecule has 29 heavy (non-hydrogen) atoms. The molecule has 1 fully saturated rings. The Hall–Kier alpha value is -2.96. The van der Waals surface area contributed by atoms with E-state index in [1.807, 2.05) is 55.5 Å². The Morgan fingerprint density at radius 1 is 1.21 bits per heavy atom. The molecule has 150 valence electrons. The standard InChI is InChI=1S/C23H25N3O3/c1-17-7-9-21(29-17)20(26-12-14-28-15-13-26)16-25-22(27)10-8-19-5-2-4-18-6-3-11-24-23(18)19/h2-11,20H,12-16H2,1H3,(H,25,27)/b10-8+. The van der Waals surface area contributed by atoms with Gasteiger partial charge in [-0.25, -0.2) is 0 Å². The highest BCUT2D eigenvalue weighted by atomic mass is 16.5. The quantitative estimate of drug-likeness (QED) is 0.653. The first-order valence-corrected chi connectivity index (χ1v) is 9.88. The molecule has 6 heteroatoms. The fourth-order valence-corrected chi connectivity index (χ4v) is 3.62. The fraction of sp³-hybridized carbons (Fsp3) is 0.304. The number of para-hydroxylation sites is 1. The topological polar surface area (TPSA) is 67.6 Å². The second-order valence-electron chi connectivity index (χ2n) is 7.11. The van der Waals surface area contributed by atoms with Gasteiger partial charge in [0.15, 0.2) is 0 Å². The molecule has 0 radical (unpaired) electrons. The smallest absolute Gasteiger partial charge is 0.244 e. The van der Waals surface area contributed by atoms with Crippen molar-refractivity contribution in [2.75, 3.05) is 32.8 Å². The molecule has 6 nitrogen and oxygen atoms in total. The maximum Gasteiger partial charge on any atom is 0.244 e. The van der Waals surface area contributed by atoms with E-state index in [9.17, 15) is 4.79 Å². The summed E-state index contributed by atoms with van der Waals surface area (Å²) in [7, 11) is 0. The number of aromatic nitrogens is 1. The summed E-state index contributed by atoms with van der Waals surface area (Å²) in [6.45, 7) is 5.43. The van der Waals surface area contributed by atoms with Gasteiger partial charge in [-0.05, 0) is 31.2 Å². The van der Waals surface area contributed by atoms with E-state index in [1.165, 1.54) is 0 Å². The second kappa shape index (κ2) is 9.03. The van der Waals surface area contributed by atoms with Crippen LogP contribution in [0.3, 0.4) is 0 Å². The summed E-state index contributed by atoms with van der Waals surface area (Å²) in [4.78, 5) is 19.2. The van der Waals surface area contributed by atoms with Crippen LogP contribution in [0, 0.1) is 6.92 Å². The minimum Gasteiger partial charge on any atom is -0.465 e. The number of ether oxygens (including phenoxy) is 1. The number of hydrogen-bond donors (Lipinski definition) is 1. The van der Waals surface area contributed by atoms with E-state index in [0.717, 1.165) is 41.1 Å². The number of nitrogens with zero attached hydrogens (tertiary/aromatic N) is 2. The van der Waals surface area contributed by atoms with Gasteiger partial charge in [-0.15, -0.1) is 0 Å². The minimum atomic E-state index is -0.139. The molecular formula is C23H25N3O3. The summed E-state index contributed by atoms with van der Waals surface area (Å²) in [5.74, 6) is 1.60. The van der Waals surface area contributed by atoms with Gasteiger partial charge in [-0.1, -0.05) is 24.3 Å². The van der Waals surface area contributed by atoms with Crippen molar-refractivity contribution >= 4 is 22.9 Å². The summed E-state index contributed by atoms with van der Waals surface area (Å²) in [6, 6.07) is 13.8. The van der Waals surface area contributed by atoms with Crippen molar-refractivity contribution in [1.82, 2.24) is 15.2 Å². The number of rotatable bonds is 6. The number of aryl methyl sites for hydroxylation is 1. The number of amides is 1. The lowest BCUT2D eigenvalue weighted by Crippen LogP contribution is -2.43. The third-order valence-corrected chi connectivity index (χ3v) is 5.12. The van der Waals surface area contributed by atoms with Crippen LogP contribution < -0.4 is 5.32 Å². The number of fused-ring (bicyclic) bond motifs is 1. The van der Waals surface area contributed by atoms with E-state index >= 15 is 0 Å². The number of morpholine rings is 1. The highest BCUT2D eigenvalue weighted by molar-refractivity contribution is 5.95. The third-order valence-electron chi connectivity index (χ3n) is 5.12. The van der Waals surface area contributed by atoms with Crippen molar-refractivity contribution in [1.29, 1.82) is 0 Å². The van der Waals surface area contributed by atoms with Gasteiger partial charge in [0.1, 0.15) is 11.5 Å². The first kappa shape index (κ1) is 19.4. The van der Waals surface area contributed by atoms with Gasteiger partial charge in [0.05, 0.1) is 24.8 Å². The summed E-state index contributed by atoms with van der Waals surface area (Å²) < 4.78 is 11.3. The first-order chi connectivity index (χ1) is 14.2. The van der Waals surface area contributed by atoms with Crippen molar-refractivity contribution in [2.45, 2.75) is 13.0 Å². The number of furan rings is 1. The number of nitrogens with one attached hydrogen (secondary N) is 1. The second-order valence-corrected chi connectivity index (χ2v) is 7.11. The van der Waals surface area contributed by atoms with Gasteiger partial charge in [-0.3, -0.25) is 14.7 Å². The van der Waals surface area contributed by atoms with Gasteiger partial charge in [0.25, 0.3) is 0 Å². The molecule has 0 aliphatic carbocycles. The van der Waals surface area contributed by atoms with Crippen molar-refractivity contribution < 1.29 is 13.9 Å².